The largest absolute Gasteiger partial charge is 0.504 e. The molecule has 1 aliphatic heterocycles. The molecule has 7 nitrogen and oxygen atoms in total. The molecule has 0 spiro atoms. The van der Waals surface area contributed by atoms with Crippen LogP contribution in [-0.2, 0) is 11.2 Å². The number of ether oxygens (including phenoxy) is 3. The number of methoxy groups -OCH3 is 1. The topological polar surface area (TPSA) is 109 Å². The molecule has 1 fully saturated rings. The van der Waals surface area contributed by atoms with E-state index in [9.17, 15) is 20.4 Å². The number of rotatable bonds is 7. The number of aryl methyl sites for hydroxylation is 1. The van der Waals surface area contributed by atoms with Gasteiger partial charge in [-0.25, -0.2) is 0 Å². The summed E-state index contributed by atoms with van der Waals surface area (Å²) in [6.07, 6.45) is -1.16. The summed E-state index contributed by atoms with van der Waals surface area (Å²) >= 11 is 0. The molecule has 0 amide bonds. The van der Waals surface area contributed by atoms with Crippen LogP contribution < -0.4 is 9.47 Å². The van der Waals surface area contributed by atoms with Gasteiger partial charge in [0.1, 0.15) is 6.10 Å². The van der Waals surface area contributed by atoms with Crippen molar-refractivity contribution in [2.24, 2.45) is 11.8 Å². The lowest BCUT2D eigenvalue weighted by Crippen LogP contribution is -2.52. The smallest absolute Gasteiger partial charge is 0.203 e. The number of aromatic hydroxyl groups is 1. The summed E-state index contributed by atoms with van der Waals surface area (Å²) in [7, 11) is 1.44. The Hall–Kier alpha value is -1.54. The van der Waals surface area contributed by atoms with Gasteiger partial charge in [-0.05, 0) is 50.3 Å². The van der Waals surface area contributed by atoms with Gasteiger partial charge in [-0.3, -0.25) is 0 Å². The minimum Gasteiger partial charge on any atom is -0.504 e. The zero-order chi connectivity index (χ0) is 20.4. The number of benzene rings is 1. The highest BCUT2D eigenvalue weighted by molar-refractivity contribution is 5.53. The summed E-state index contributed by atoms with van der Waals surface area (Å²) in [4.78, 5) is 0. The Morgan fingerprint density at radius 3 is 2.41 bits per heavy atom. The van der Waals surface area contributed by atoms with Gasteiger partial charge in [-0.1, -0.05) is 13.8 Å². The van der Waals surface area contributed by atoms with Gasteiger partial charge in [0.25, 0.3) is 0 Å². The van der Waals surface area contributed by atoms with Crippen molar-refractivity contribution in [3.63, 3.8) is 0 Å². The minimum absolute atomic E-state index is 0.0593. The number of aliphatic hydroxyl groups is 3. The molecule has 5 atom stereocenters. The minimum atomic E-state index is -0.822. The third-order valence-electron chi connectivity index (χ3n) is 5.23. The third-order valence-corrected chi connectivity index (χ3v) is 5.23. The monoisotopic (exact) mass is 384 g/mol. The predicted octanol–water partition coefficient (Wildman–Crippen LogP) is 1.83. The maximum absolute atomic E-state index is 10.3. The molecule has 2 rings (SSSR count). The van der Waals surface area contributed by atoms with Gasteiger partial charge < -0.3 is 34.6 Å². The van der Waals surface area contributed by atoms with Crippen molar-refractivity contribution >= 4 is 0 Å². The van der Waals surface area contributed by atoms with E-state index in [0.717, 1.165) is 5.56 Å². The summed E-state index contributed by atoms with van der Waals surface area (Å²) in [5.74, 6) is 0.169. The molecule has 0 aromatic heterocycles. The van der Waals surface area contributed by atoms with Crippen LogP contribution in [0, 0.1) is 11.8 Å². The molecule has 154 valence electrons. The fourth-order valence-corrected chi connectivity index (χ4v) is 3.22. The highest BCUT2D eigenvalue weighted by Crippen LogP contribution is 2.41. The maximum Gasteiger partial charge on any atom is 0.203 e. The van der Waals surface area contributed by atoms with Gasteiger partial charge in [0.15, 0.2) is 11.5 Å². The van der Waals surface area contributed by atoms with E-state index in [4.69, 9.17) is 14.2 Å². The second-order valence-corrected chi connectivity index (χ2v) is 8.01. The van der Waals surface area contributed by atoms with E-state index >= 15 is 0 Å². The molecule has 0 saturated carbocycles. The van der Waals surface area contributed by atoms with Crippen molar-refractivity contribution < 1.29 is 34.6 Å². The van der Waals surface area contributed by atoms with E-state index in [1.807, 2.05) is 13.8 Å². The van der Waals surface area contributed by atoms with Gasteiger partial charge in [0, 0.05) is 5.92 Å². The fourth-order valence-electron chi connectivity index (χ4n) is 3.22. The third kappa shape index (κ3) is 5.25. The molecule has 1 aromatic rings. The molecule has 5 unspecified atom stereocenters. The molecular weight excluding hydrogens is 352 g/mol. The predicted molar refractivity (Wildman–Crippen MR) is 100.0 cm³/mol. The van der Waals surface area contributed by atoms with E-state index in [2.05, 4.69) is 0 Å². The first-order valence-electron chi connectivity index (χ1n) is 9.30. The molecule has 1 aliphatic rings. The molecule has 4 N–H and O–H groups in total. The van der Waals surface area contributed by atoms with E-state index < -0.39 is 24.1 Å². The molecule has 0 aliphatic carbocycles. The normalized spacial score (nSPS) is 28.8. The molecule has 0 radical (unpaired) electrons. The first-order chi connectivity index (χ1) is 12.6. The zero-order valence-electron chi connectivity index (χ0n) is 16.7. The highest BCUT2D eigenvalue weighted by Gasteiger charge is 2.41. The van der Waals surface area contributed by atoms with Crippen LogP contribution in [0.1, 0.15) is 39.7 Å². The Kier molecular flexibility index (Phi) is 6.97. The van der Waals surface area contributed by atoms with Crippen LogP contribution in [0.15, 0.2) is 12.1 Å². The summed E-state index contributed by atoms with van der Waals surface area (Å²) in [5, 5.41) is 39.9. The first kappa shape index (κ1) is 21.8. The van der Waals surface area contributed by atoms with Crippen molar-refractivity contribution in [3.8, 4) is 17.2 Å². The van der Waals surface area contributed by atoms with Gasteiger partial charge in [0.05, 0.1) is 25.4 Å². The lowest BCUT2D eigenvalue weighted by atomic mass is 9.85. The first-order valence-corrected chi connectivity index (χ1v) is 9.30. The quantitative estimate of drug-likeness (QED) is 0.568. The number of aliphatic hydroxyl groups excluding tert-OH is 2. The van der Waals surface area contributed by atoms with Crippen molar-refractivity contribution in [2.45, 2.75) is 64.6 Å². The summed E-state index contributed by atoms with van der Waals surface area (Å²) < 4.78 is 17.0. The lowest BCUT2D eigenvalue weighted by molar-refractivity contribution is -0.239. The van der Waals surface area contributed by atoms with Crippen LogP contribution in [0.2, 0.25) is 0 Å². The van der Waals surface area contributed by atoms with Crippen LogP contribution in [0.25, 0.3) is 0 Å². The zero-order valence-corrected chi connectivity index (χ0v) is 16.7. The van der Waals surface area contributed by atoms with Gasteiger partial charge >= 0.3 is 0 Å². The van der Waals surface area contributed by atoms with E-state index in [0.29, 0.717) is 18.6 Å². The van der Waals surface area contributed by atoms with Gasteiger partial charge in [-0.2, -0.15) is 0 Å². The average molecular weight is 384 g/mol. The Labute approximate surface area is 160 Å². The van der Waals surface area contributed by atoms with Crippen LogP contribution in [0.4, 0.5) is 0 Å². The van der Waals surface area contributed by atoms with Gasteiger partial charge in [0.2, 0.25) is 12.0 Å². The Balaban J connectivity index is 2.26. The summed E-state index contributed by atoms with van der Waals surface area (Å²) in [5.41, 5.74) is -0.0296. The second kappa shape index (κ2) is 8.65. The maximum atomic E-state index is 10.3. The summed E-state index contributed by atoms with van der Waals surface area (Å²) in [6.45, 7) is 6.92. The fraction of sp³-hybridized carbons (Fsp3) is 0.700. The van der Waals surface area contributed by atoms with Crippen molar-refractivity contribution in [2.75, 3.05) is 13.7 Å². The number of phenols is 1. The van der Waals surface area contributed by atoms with Crippen LogP contribution in [0.3, 0.4) is 0 Å². The van der Waals surface area contributed by atoms with Gasteiger partial charge in [-0.15, -0.1) is 0 Å². The lowest BCUT2D eigenvalue weighted by Gasteiger charge is -2.41. The highest BCUT2D eigenvalue weighted by atomic mass is 16.7. The molecule has 7 heteroatoms. The molecule has 1 saturated heterocycles. The molecule has 27 heavy (non-hydrogen) atoms. The van der Waals surface area contributed by atoms with E-state index in [1.165, 1.54) is 7.11 Å². The average Bonchev–Trinajstić information content (AvgIpc) is 2.59. The Morgan fingerprint density at radius 1 is 1.19 bits per heavy atom. The standard InChI is InChI=1S/C20H32O7/c1-11-12(2)19(27-16(10-21)17(11)23)26-15-9-13(6-7-20(3,4)24)8-14(22)18(15)25-5/h8-9,11-12,16-17,19,21-24H,6-7,10H2,1-5H3. The molecular formula is C20H32O7. The van der Waals surface area contributed by atoms with E-state index in [-0.39, 0.29) is 29.9 Å². The van der Waals surface area contributed by atoms with Crippen molar-refractivity contribution in [3.05, 3.63) is 17.7 Å². The molecule has 1 heterocycles. The van der Waals surface area contributed by atoms with E-state index in [1.54, 1.807) is 26.0 Å². The Morgan fingerprint density at radius 2 is 1.85 bits per heavy atom. The molecule has 0 bridgehead atoms. The number of phenolic OH excluding ortho intramolecular Hbond substituents is 1. The van der Waals surface area contributed by atoms with Crippen LogP contribution in [-0.4, -0.2) is 58.2 Å². The summed E-state index contributed by atoms with van der Waals surface area (Å²) in [6, 6.07) is 3.34. The van der Waals surface area contributed by atoms with Crippen molar-refractivity contribution in [1.82, 2.24) is 0 Å². The Bertz CT molecular complexity index is 623. The van der Waals surface area contributed by atoms with Crippen molar-refractivity contribution in [1.29, 1.82) is 0 Å². The molecule has 1 aromatic carbocycles. The number of hydrogen-bond donors (Lipinski definition) is 4. The number of hydrogen-bond acceptors (Lipinski definition) is 7. The van der Waals surface area contributed by atoms with Crippen LogP contribution >= 0.6 is 0 Å². The SMILES string of the molecule is COc1c(O)cc(CCC(C)(C)O)cc1OC1OC(CO)C(O)C(C)C1C. The van der Waals surface area contributed by atoms with Crippen LogP contribution in [0.5, 0.6) is 17.2 Å². The second-order valence-electron chi connectivity index (χ2n) is 8.01.